The van der Waals surface area contributed by atoms with Crippen molar-refractivity contribution >= 4 is 7.81 Å². The average Bonchev–Trinajstić information content (AvgIpc) is 2.79. The molecule has 0 spiro atoms. The van der Waals surface area contributed by atoms with Gasteiger partial charge in [-0.3, -0.25) is 9.97 Å². The summed E-state index contributed by atoms with van der Waals surface area (Å²) in [5.74, 6) is 0.894. The Balaban J connectivity index is -0.000000444. The number of rotatable bonds is 4. The molecule has 1 aromatic carbocycles. The van der Waals surface area contributed by atoms with Crippen LogP contribution in [0.4, 0.5) is 25.2 Å². The van der Waals surface area contributed by atoms with Gasteiger partial charge in [0.1, 0.15) is 0 Å². The molecule has 0 bridgehead atoms. The van der Waals surface area contributed by atoms with Gasteiger partial charge in [-0.25, -0.2) is 0 Å². The molecule has 0 amide bonds. The molecule has 3 aromatic rings. The van der Waals surface area contributed by atoms with Gasteiger partial charge >= 0.3 is 52.5 Å². The Hall–Kier alpha value is -3.11. The van der Waals surface area contributed by atoms with Crippen LogP contribution in [0.15, 0.2) is 67.0 Å². The zero-order valence-electron chi connectivity index (χ0n) is 21.3. The van der Waals surface area contributed by atoms with Crippen molar-refractivity contribution in [3.8, 4) is 29.3 Å². The summed E-state index contributed by atoms with van der Waals surface area (Å²) in [6.07, 6.45) is 3.54. The van der Waals surface area contributed by atoms with Crippen LogP contribution in [0.3, 0.4) is 0 Å². The van der Waals surface area contributed by atoms with E-state index in [1.807, 2.05) is 68.7 Å². The molecule has 0 aliphatic carbocycles. The fraction of sp³-hybridized carbons (Fsp3) is 0.250. The predicted molar refractivity (Wildman–Crippen MR) is 133 cm³/mol. The Bertz CT molecular complexity index is 1050. The average molecular weight is 649 g/mol. The summed E-state index contributed by atoms with van der Waals surface area (Å²) >= 11 is 0. The number of halogens is 6. The second-order valence-electron chi connectivity index (χ2n) is 6.83. The van der Waals surface area contributed by atoms with E-state index in [-0.39, 0.29) is 19.5 Å². The first-order valence-corrected chi connectivity index (χ1v) is 12.2. The predicted octanol–water partition coefficient (Wildman–Crippen LogP) is 8.14. The molecule has 0 radical (unpaired) electrons. The second-order valence-corrected chi connectivity index (χ2v) is 8.74. The van der Waals surface area contributed by atoms with Crippen LogP contribution >= 0.6 is 7.81 Å². The first kappa shape index (κ1) is 39.4. The third-order valence-corrected chi connectivity index (χ3v) is 3.15. The molecule has 0 unspecified atom stereocenters. The van der Waals surface area contributed by atoms with E-state index in [1.54, 1.807) is 31.6 Å². The van der Waals surface area contributed by atoms with Gasteiger partial charge in [0.05, 0.1) is 30.6 Å². The molecule has 0 aliphatic rings. The summed E-state index contributed by atoms with van der Waals surface area (Å²) in [4.78, 5) is 10.5. The van der Waals surface area contributed by atoms with Crippen molar-refractivity contribution in [1.82, 2.24) is 14.9 Å². The quantitative estimate of drug-likeness (QED) is 0.123. The molecule has 0 aliphatic heterocycles. The molecule has 210 valence electrons. The number of methoxy groups -OCH3 is 1. The summed E-state index contributed by atoms with van der Waals surface area (Å²) in [5, 5.41) is 14.6. The van der Waals surface area contributed by atoms with Gasteiger partial charge in [0, 0.05) is 38.5 Å². The molecule has 0 saturated heterocycles. The number of hydrogen-bond donors (Lipinski definition) is 0. The number of aromatic nitrogens is 2. The van der Waals surface area contributed by atoms with E-state index < -0.39 is 7.81 Å². The van der Waals surface area contributed by atoms with Gasteiger partial charge < -0.3 is 9.64 Å². The first-order chi connectivity index (χ1) is 17.0. The zero-order valence-corrected chi connectivity index (χ0v) is 23.9. The molecule has 6 nitrogen and oxygen atoms in total. The smallest absolute Gasteiger partial charge is 0.255 e. The van der Waals surface area contributed by atoms with Gasteiger partial charge in [0.2, 0.25) is 0 Å². The molecule has 3 rings (SSSR count). The van der Waals surface area contributed by atoms with E-state index in [9.17, 15) is 25.2 Å². The normalized spacial score (nSPS) is 11.0. The van der Waals surface area contributed by atoms with E-state index in [1.165, 1.54) is 13.8 Å². The van der Waals surface area contributed by atoms with Crippen molar-refractivity contribution in [2.24, 2.45) is 0 Å². The van der Waals surface area contributed by atoms with E-state index in [0.29, 0.717) is 0 Å². The van der Waals surface area contributed by atoms with Crippen molar-refractivity contribution in [3.05, 3.63) is 78.6 Å². The summed E-state index contributed by atoms with van der Waals surface area (Å²) in [5.41, 5.74) is 2.98. The molecule has 0 fully saturated rings. The van der Waals surface area contributed by atoms with Crippen LogP contribution < -0.4 is 4.74 Å². The van der Waals surface area contributed by atoms with Crippen LogP contribution in [-0.4, -0.2) is 36.1 Å². The number of nitriles is 2. The SMILES string of the molecule is CC#N.CC#N.COc1cc[c-]c(CN(C)C)c1.F[P-](F)(F)(F)(F)F.[Ru+2].c1ccc(-c2ccccn2)nc1. The molecule has 2 heterocycles. The molecule has 0 saturated carbocycles. The summed E-state index contributed by atoms with van der Waals surface area (Å²) in [6.45, 7) is 3.76. The third kappa shape index (κ3) is 30.9. The second kappa shape index (κ2) is 18.2. The van der Waals surface area contributed by atoms with E-state index in [0.717, 1.165) is 29.2 Å². The van der Waals surface area contributed by atoms with Crippen molar-refractivity contribution in [2.75, 3.05) is 21.2 Å². The fourth-order valence-electron chi connectivity index (χ4n) is 2.08. The van der Waals surface area contributed by atoms with Crippen molar-refractivity contribution in [2.45, 2.75) is 20.4 Å². The topological polar surface area (TPSA) is 85.8 Å². The number of nitrogens with zero attached hydrogens (tertiary/aromatic N) is 5. The maximum Gasteiger partial charge on any atom is 2.00 e. The molecule has 0 atom stereocenters. The standard InChI is InChI=1S/C10H8N2.C10H14NO.2C2H3N.F6P.Ru/c1-3-7-11-9(5-1)10-6-2-4-8-12-10;1-11(2)8-9-5-4-6-10(7-9)12-3;2*1-2-3;1-7(2,3,4,5)6;/h1-8H;4,6-7H,8H2,1-3H3;2*1H3;;/q;-1;;;-1;+2. The van der Waals surface area contributed by atoms with Crippen molar-refractivity contribution < 1.29 is 49.4 Å². The van der Waals surface area contributed by atoms with Gasteiger partial charge in [0.25, 0.3) is 0 Å². The number of hydrogen-bond acceptors (Lipinski definition) is 6. The van der Waals surface area contributed by atoms with Gasteiger partial charge in [-0.05, 0) is 38.4 Å². The molecule has 38 heavy (non-hydrogen) atoms. The summed E-state index contributed by atoms with van der Waals surface area (Å²) in [7, 11) is -4.91. The summed E-state index contributed by atoms with van der Waals surface area (Å²) in [6, 6.07) is 24.0. The molecular weight excluding hydrogens is 620 g/mol. The number of pyridine rings is 2. The van der Waals surface area contributed by atoms with Crippen LogP contribution in [0.25, 0.3) is 11.4 Å². The monoisotopic (exact) mass is 649 g/mol. The fourth-order valence-corrected chi connectivity index (χ4v) is 2.08. The Kier molecular flexibility index (Phi) is 18.9. The minimum Gasteiger partial charge on any atom is -0.255 e. The van der Waals surface area contributed by atoms with Crippen LogP contribution in [0, 0.1) is 28.7 Å². The van der Waals surface area contributed by atoms with Gasteiger partial charge in [-0.15, -0.1) is 17.7 Å². The Labute approximate surface area is 231 Å². The largest absolute Gasteiger partial charge is 2.00 e. The van der Waals surface area contributed by atoms with Gasteiger partial charge in [-0.1, -0.05) is 12.1 Å². The Morgan fingerprint density at radius 1 is 0.868 bits per heavy atom. The van der Waals surface area contributed by atoms with E-state index >= 15 is 0 Å². The van der Waals surface area contributed by atoms with Crippen molar-refractivity contribution in [1.29, 1.82) is 10.5 Å². The first-order valence-electron chi connectivity index (χ1n) is 10.2. The maximum atomic E-state index is 9.87. The van der Waals surface area contributed by atoms with Gasteiger partial charge in [0.15, 0.2) is 0 Å². The minimum absolute atomic E-state index is 0. The third-order valence-electron chi connectivity index (χ3n) is 3.15. The van der Waals surface area contributed by atoms with E-state index in [4.69, 9.17) is 15.3 Å². The van der Waals surface area contributed by atoms with Gasteiger partial charge in [-0.2, -0.15) is 22.7 Å². The van der Waals surface area contributed by atoms with Crippen molar-refractivity contribution in [3.63, 3.8) is 0 Å². The van der Waals surface area contributed by atoms with Crippen LogP contribution in [0.5, 0.6) is 5.75 Å². The van der Waals surface area contributed by atoms with Crippen LogP contribution in [0.2, 0.25) is 0 Å². The molecular formula is C24H28F6N5OPRu. The molecule has 0 N–H and O–H groups in total. The Morgan fingerprint density at radius 2 is 1.26 bits per heavy atom. The number of benzene rings is 1. The maximum absolute atomic E-state index is 10.7. The van der Waals surface area contributed by atoms with Crippen LogP contribution in [-0.2, 0) is 26.0 Å². The van der Waals surface area contributed by atoms with Crippen LogP contribution in [0.1, 0.15) is 19.4 Å². The molecule has 14 heteroatoms. The zero-order chi connectivity index (χ0) is 29.0. The number of ether oxygens (including phenoxy) is 1. The molecule has 2 aromatic heterocycles. The van der Waals surface area contributed by atoms with E-state index in [2.05, 4.69) is 20.9 Å². The Morgan fingerprint density at radius 3 is 1.55 bits per heavy atom. The minimum atomic E-state index is -10.7. The summed E-state index contributed by atoms with van der Waals surface area (Å²) < 4.78 is 64.3.